The van der Waals surface area contributed by atoms with Gasteiger partial charge < -0.3 is 4.57 Å². The fraction of sp³-hybridized carbons (Fsp3) is 0.429. The van der Waals surface area contributed by atoms with Crippen molar-refractivity contribution < 1.29 is 9.31 Å². The summed E-state index contributed by atoms with van der Waals surface area (Å²) in [6, 6.07) is 6.47. The van der Waals surface area contributed by atoms with Gasteiger partial charge in [0.2, 0.25) is 0 Å². The summed E-state index contributed by atoms with van der Waals surface area (Å²) < 4.78 is 15.3. The Bertz CT molecular complexity index is 679. The van der Waals surface area contributed by atoms with Crippen LogP contribution < -0.4 is 0 Å². The van der Waals surface area contributed by atoms with Crippen LogP contribution >= 0.6 is 0 Å². The molecular weight excluding hydrogens is 275 g/mol. The van der Waals surface area contributed by atoms with Crippen molar-refractivity contribution in [1.29, 1.82) is 0 Å². The molecule has 1 fully saturated rings. The number of hydrogen-bond acceptors (Lipinski definition) is 4. The van der Waals surface area contributed by atoms with Crippen LogP contribution in [-0.2, 0) is 18.9 Å². The maximum atomic E-state index is 13.5. The Morgan fingerprint density at radius 1 is 1.52 bits per heavy atom. The Morgan fingerprint density at radius 3 is 2.86 bits per heavy atom. The van der Waals surface area contributed by atoms with Crippen molar-refractivity contribution >= 4 is 5.69 Å². The van der Waals surface area contributed by atoms with Gasteiger partial charge in [-0.25, -0.2) is 4.39 Å². The number of benzene rings is 1. The van der Waals surface area contributed by atoms with Gasteiger partial charge in [0, 0.05) is 31.0 Å². The third kappa shape index (κ3) is 2.39. The molecule has 0 atom stereocenters. The van der Waals surface area contributed by atoms with Crippen LogP contribution in [0.25, 0.3) is 0 Å². The molecule has 0 amide bonds. The number of halogens is 1. The molecule has 110 valence electrons. The number of aromatic nitrogens is 3. The lowest BCUT2D eigenvalue weighted by atomic mass is 9.61. The van der Waals surface area contributed by atoms with Gasteiger partial charge in [-0.05, 0) is 18.4 Å². The van der Waals surface area contributed by atoms with Gasteiger partial charge >= 0.3 is 0 Å². The van der Waals surface area contributed by atoms with Gasteiger partial charge in [0.05, 0.1) is 4.92 Å². The molecule has 1 aromatic heterocycles. The molecule has 1 heterocycles. The second kappa shape index (κ2) is 4.91. The monoisotopic (exact) mass is 290 g/mol. The minimum atomic E-state index is -0.863. The predicted molar refractivity (Wildman–Crippen MR) is 73.6 cm³/mol. The molecule has 1 aliphatic rings. The molecule has 7 heteroatoms. The fourth-order valence-corrected chi connectivity index (χ4v) is 2.99. The minimum absolute atomic E-state index is 0.0344. The molecule has 21 heavy (non-hydrogen) atoms. The zero-order valence-electron chi connectivity index (χ0n) is 11.6. The number of non-ortho nitro benzene ring substituents is 1. The van der Waals surface area contributed by atoms with Gasteiger partial charge in [-0.1, -0.05) is 12.1 Å². The van der Waals surface area contributed by atoms with Crippen LogP contribution in [0.4, 0.5) is 10.1 Å². The normalized spacial score (nSPS) is 24.6. The Kier molecular flexibility index (Phi) is 3.19. The molecule has 0 N–H and O–H groups in total. The lowest BCUT2D eigenvalue weighted by Crippen LogP contribution is -2.45. The van der Waals surface area contributed by atoms with E-state index in [4.69, 9.17) is 0 Å². The van der Waals surface area contributed by atoms with Crippen molar-refractivity contribution in [1.82, 2.24) is 14.8 Å². The third-order valence-electron chi connectivity index (χ3n) is 4.20. The van der Waals surface area contributed by atoms with E-state index in [0.717, 1.165) is 11.4 Å². The lowest BCUT2D eigenvalue weighted by Gasteiger charge is -2.44. The molecule has 0 unspecified atom stereocenters. The van der Waals surface area contributed by atoms with Crippen LogP contribution in [0.2, 0.25) is 0 Å². The largest absolute Gasteiger partial charge is 0.321 e. The molecule has 0 saturated heterocycles. The van der Waals surface area contributed by atoms with Crippen molar-refractivity contribution in [3.05, 3.63) is 52.1 Å². The van der Waals surface area contributed by atoms with E-state index < -0.39 is 16.5 Å². The average Bonchev–Trinajstić information content (AvgIpc) is 2.82. The zero-order chi connectivity index (χ0) is 15.0. The van der Waals surface area contributed by atoms with Gasteiger partial charge in [-0.15, -0.1) is 10.2 Å². The Morgan fingerprint density at radius 2 is 2.29 bits per heavy atom. The quantitative estimate of drug-likeness (QED) is 0.640. The zero-order valence-corrected chi connectivity index (χ0v) is 11.6. The van der Waals surface area contributed by atoms with Crippen molar-refractivity contribution in [2.75, 3.05) is 0 Å². The number of rotatable bonds is 4. The number of nitro benzene ring substituents is 1. The number of aryl methyl sites for hydroxylation is 1. The standard InChI is InChI=1S/C14H15FN4O2/c1-18-9-16-17-13(18)8-14(6-11(15)7-14)10-3-2-4-12(5-10)19(20)21/h2-5,9,11H,6-8H2,1H3. The van der Waals surface area contributed by atoms with Crippen LogP contribution in [0, 0.1) is 10.1 Å². The van der Waals surface area contributed by atoms with Crippen LogP contribution in [0.3, 0.4) is 0 Å². The summed E-state index contributed by atoms with van der Waals surface area (Å²) in [7, 11) is 1.84. The minimum Gasteiger partial charge on any atom is -0.321 e. The summed E-state index contributed by atoms with van der Waals surface area (Å²) in [5, 5.41) is 18.8. The molecule has 1 aliphatic carbocycles. The Hall–Kier alpha value is -2.31. The van der Waals surface area contributed by atoms with Crippen molar-refractivity contribution in [2.24, 2.45) is 7.05 Å². The summed E-state index contributed by atoms with van der Waals surface area (Å²) in [6.07, 6.45) is 1.99. The summed E-state index contributed by atoms with van der Waals surface area (Å²) in [6.45, 7) is 0. The summed E-state index contributed by atoms with van der Waals surface area (Å²) in [5.41, 5.74) is 0.410. The molecule has 1 aromatic carbocycles. The lowest BCUT2D eigenvalue weighted by molar-refractivity contribution is -0.385. The molecule has 0 radical (unpaired) electrons. The summed E-state index contributed by atoms with van der Waals surface area (Å²) >= 11 is 0. The molecule has 0 bridgehead atoms. The highest BCUT2D eigenvalue weighted by Crippen LogP contribution is 2.48. The van der Waals surface area contributed by atoms with Crippen LogP contribution in [0.5, 0.6) is 0 Å². The van der Waals surface area contributed by atoms with Gasteiger partial charge in [0.25, 0.3) is 5.69 Å². The second-order valence-electron chi connectivity index (χ2n) is 5.63. The van der Waals surface area contributed by atoms with E-state index in [1.165, 1.54) is 6.07 Å². The van der Waals surface area contributed by atoms with Crippen LogP contribution in [0.15, 0.2) is 30.6 Å². The first-order valence-corrected chi connectivity index (χ1v) is 6.72. The highest BCUT2D eigenvalue weighted by atomic mass is 19.1. The van der Waals surface area contributed by atoms with Crippen molar-refractivity contribution in [2.45, 2.75) is 30.8 Å². The topological polar surface area (TPSA) is 73.8 Å². The smallest absolute Gasteiger partial charge is 0.269 e. The number of nitro groups is 1. The Labute approximate surface area is 120 Å². The first-order valence-electron chi connectivity index (χ1n) is 6.72. The van der Waals surface area contributed by atoms with Crippen molar-refractivity contribution in [3.63, 3.8) is 0 Å². The van der Waals surface area contributed by atoms with Gasteiger partial charge in [-0.2, -0.15) is 0 Å². The van der Waals surface area contributed by atoms with E-state index >= 15 is 0 Å². The first-order chi connectivity index (χ1) is 10.00. The van der Waals surface area contributed by atoms with E-state index in [-0.39, 0.29) is 5.69 Å². The molecular formula is C14H15FN4O2. The highest BCUT2D eigenvalue weighted by Gasteiger charge is 2.47. The van der Waals surface area contributed by atoms with Gasteiger partial charge in [0.15, 0.2) is 0 Å². The number of hydrogen-bond donors (Lipinski definition) is 0. The Balaban J connectivity index is 1.96. The summed E-state index contributed by atoms with van der Waals surface area (Å²) in [4.78, 5) is 10.5. The SMILES string of the molecule is Cn1cnnc1CC1(c2cccc([N+](=O)[O-])c2)CC(F)C1. The molecule has 2 aromatic rings. The van der Waals surface area contributed by atoms with Gasteiger partial charge in [-0.3, -0.25) is 10.1 Å². The maximum absolute atomic E-state index is 13.5. The second-order valence-corrected chi connectivity index (χ2v) is 5.63. The highest BCUT2D eigenvalue weighted by molar-refractivity contribution is 5.40. The molecule has 1 saturated carbocycles. The van der Waals surface area contributed by atoms with E-state index in [9.17, 15) is 14.5 Å². The molecule has 3 rings (SSSR count). The first kappa shape index (κ1) is 13.7. The number of nitrogens with zero attached hydrogens (tertiary/aromatic N) is 4. The molecule has 6 nitrogen and oxygen atoms in total. The van der Waals surface area contributed by atoms with E-state index in [1.807, 2.05) is 13.1 Å². The molecule has 0 aliphatic heterocycles. The summed E-state index contributed by atoms with van der Waals surface area (Å²) in [5.74, 6) is 0.758. The van der Waals surface area contributed by atoms with Gasteiger partial charge in [0.1, 0.15) is 18.3 Å². The third-order valence-corrected chi connectivity index (χ3v) is 4.20. The maximum Gasteiger partial charge on any atom is 0.269 e. The average molecular weight is 290 g/mol. The van der Waals surface area contributed by atoms with E-state index in [0.29, 0.717) is 19.3 Å². The van der Waals surface area contributed by atoms with E-state index in [1.54, 1.807) is 23.0 Å². The predicted octanol–water partition coefficient (Wildman–Crippen LogP) is 2.34. The fourth-order valence-electron chi connectivity index (χ4n) is 2.99. The van der Waals surface area contributed by atoms with Crippen LogP contribution in [-0.4, -0.2) is 25.9 Å². The van der Waals surface area contributed by atoms with Crippen LogP contribution in [0.1, 0.15) is 24.2 Å². The van der Waals surface area contributed by atoms with Crippen molar-refractivity contribution in [3.8, 4) is 0 Å². The van der Waals surface area contributed by atoms with E-state index in [2.05, 4.69) is 10.2 Å². The molecule has 0 spiro atoms. The number of alkyl halides is 1.